The number of benzene rings is 2. The fourth-order valence-corrected chi connectivity index (χ4v) is 2.19. The van der Waals surface area contributed by atoms with Crippen LogP contribution in [0.3, 0.4) is 0 Å². The van der Waals surface area contributed by atoms with E-state index in [1.165, 1.54) is 0 Å². The Morgan fingerprint density at radius 1 is 1.05 bits per heavy atom. The molecule has 0 fully saturated rings. The van der Waals surface area contributed by atoms with Crippen LogP contribution in [0.2, 0.25) is 0 Å². The molecule has 21 heavy (non-hydrogen) atoms. The first-order chi connectivity index (χ1) is 10.0. The van der Waals surface area contributed by atoms with Crippen LogP contribution in [-0.4, -0.2) is 19.2 Å². The predicted octanol–water partition coefficient (Wildman–Crippen LogP) is 3.39. The molecular formula is C16H18N2O2S. The van der Waals surface area contributed by atoms with Gasteiger partial charge in [0, 0.05) is 35.1 Å². The molecule has 2 rings (SSSR count). The largest absolute Gasteiger partial charge is 0.497 e. The summed E-state index contributed by atoms with van der Waals surface area (Å²) in [5, 5.41) is 3.32. The summed E-state index contributed by atoms with van der Waals surface area (Å²) in [6, 6.07) is 11.5. The molecular weight excluding hydrogens is 284 g/mol. The van der Waals surface area contributed by atoms with Crippen molar-refractivity contribution in [1.82, 2.24) is 0 Å². The number of nitrogens with two attached hydrogens (primary N) is 1. The fourth-order valence-electron chi connectivity index (χ4n) is 2.01. The smallest absolute Gasteiger partial charge is 0.124 e. The van der Waals surface area contributed by atoms with Gasteiger partial charge in [-0.1, -0.05) is 18.3 Å². The summed E-state index contributed by atoms with van der Waals surface area (Å²) in [6.45, 7) is 2.01. The van der Waals surface area contributed by atoms with Crippen molar-refractivity contribution in [3.63, 3.8) is 0 Å². The van der Waals surface area contributed by atoms with E-state index in [0.717, 1.165) is 22.5 Å². The van der Waals surface area contributed by atoms with Gasteiger partial charge in [0.15, 0.2) is 0 Å². The van der Waals surface area contributed by atoms with E-state index in [1.54, 1.807) is 14.2 Å². The molecule has 0 unspecified atom stereocenters. The lowest BCUT2D eigenvalue weighted by molar-refractivity contribution is 0.395. The Morgan fingerprint density at radius 3 is 2.19 bits per heavy atom. The maximum Gasteiger partial charge on any atom is 0.124 e. The first kappa shape index (κ1) is 15.1. The second-order valence-corrected chi connectivity index (χ2v) is 5.08. The van der Waals surface area contributed by atoms with Crippen LogP contribution in [0.25, 0.3) is 0 Å². The molecule has 0 atom stereocenters. The second kappa shape index (κ2) is 6.45. The topological polar surface area (TPSA) is 56.5 Å². The van der Waals surface area contributed by atoms with Gasteiger partial charge < -0.3 is 20.5 Å². The van der Waals surface area contributed by atoms with Crippen LogP contribution in [-0.2, 0) is 0 Å². The third-order valence-electron chi connectivity index (χ3n) is 3.07. The minimum atomic E-state index is 0.354. The predicted molar refractivity (Wildman–Crippen MR) is 89.9 cm³/mol. The van der Waals surface area contributed by atoms with Gasteiger partial charge >= 0.3 is 0 Å². The zero-order valence-corrected chi connectivity index (χ0v) is 13.1. The first-order valence-corrected chi connectivity index (χ1v) is 6.85. The minimum absolute atomic E-state index is 0.354. The van der Waals surface area contributed by atoms with Crippen molar-refractivity contribution in [2.24, 2.45) is 5.73 Å². The zero-order chi connectivity index (χ0) is 15.4. The van der Waals surface area contributed by atoms with Gasteiger partial charge in [-0.2, -0.15) is 0 Å². The SMILES string of the molecule is COc1cc(Nc2cc(C)ccc2C(N)=S)cc(OC)c1. The molecule has 0 aromatic heterocycles. The van der Waals surface area contributed by atoms with Gasteiger partial charge in [-0.3, -0.25) is 0 Å². The van der Waals surface area contributed by atoms with Crippen LogP contribution < -0.4 is 20.5 Å². The Kier molecular flexibility index (Phi) is 4.65. The summed E-state index contributed by atoms with van der Waals surface area (Å²) >= 11 is 5.09. The van der Waals surface area contributed by atoms with Crippen molar-refractivity contribution in [1.29, 1.82) is 0 Å². The lowest BCUT2D eigenvalue weighted by Crippen LogP contribution is -2.12. The van der Waals surface area contributed by atoms with E-state index in [1.807, 2.05) is 43.3 Å². The molecule has 110 valence electrons. The molecule has 2 aromatic carbocycles. The van der Waals surface area contributed by atoms with Crippen molar-refractivity contribution in [2.45, 2.75) is 6.92 Å². The number of aryl methyl sites for hydroxylation is 1. The molecule has 5 heteroatoms. The molecule has 0 spiro atoms. The Labute approximate surface area is 129 Å². The van der Waals surface area contributed by atoms with Gasteiger partial charge in [0.25, 0.3) is 0 Å². The zero-order valence-electron chi connectivity index (χ0n) is 12.3. The average molecular weight is 302 g/mol. The monoisotopic (exact) mass is 302 g/mol. The van der Waals surface area contributed by atoms with E-state index in [9.17, 15) is 0 Å². The van der Waals surface area contributed by atoms with E-state index < -0.39 is 0 Å². The summed E-state index contributed by atoms with van der Waals surface area (Å²) in [6.07, 6.45) is 0. The standard InChI is InChI=1S/C16H18N2O2S/c1-10-4-5-14(16(17)21)15(6-10)18-11-7-12(19-2)9-13(8-11)20-3/h4-9,18H,1-3H3,(H2,17,21). The van der Waals surface area contributed by atoms with Crippen LogP contribution in [0.1, 0.15) is 11.1 Å². The van der Waals surface area contributed by atoms with Gasteiger partial charge in [0.1, 0.15) is 16.5 Å². The minimum Gasteiger partial charge on any atom is -0.497 e. The molecule has 0 amide bonds. The first-order valence-electron chi connectivity index (χ1n) is 6.44. The summed E-state index contributed by atoms with van der Waals surface area (Å²) in [4.78, 5) is 0.354. The molecule has 0 radical (unpaired) electrons. The number of rotatable bonds is 5. The maximum absolute atomic E-state index is 5.77. The molecule has 0 aliphatic heterocycles. The normalized spacial score (nSPS) is 10.0. The van der Waals surface area contributed by atoms with E-state index in [2.05, 4.69) is 5.32 Å². The van der Waals surface area contributed by atoms with Gasteiger partial charge in [-0.05, 0) is 24.6 Å². The van der Waals surface area contributed by atoms with Crippen molar-refractivity contribution in [3.8, 4) is 11.5 Å². The Balaban J connectivity index is 2.42. The number of anilines is 2. The number of hydrogen-bond acceptors (Lipinski definition) is 4. The maximum atomic E-state index is 5.77. The molecule has 0 saturated heterocycles. The van der Waals surface area contributed by atoms with Gasteiger partial charge in [-0.15, -0.1) is 0 Å². The van der Waals surface area contributed by atoms with Crippen molar-refractivity contribution < 1.29 is 9.47 Å². The Morgan fingerprint density at radius 2 is 1.67 bits per heavy atom. The third kappa shape index (κ3) is 3.64. The number of thiocarbonyl (C=S) groups is 1. The molecule has 0 aliphatic rings. The molecule has 0 heterocycles. The average Bonchev–Trinajstić information content (AvgIpc) is 2.46. The highest BCUT2D eigenvalue weighted by molar-refractivity contribution is 7.80. The van der Waals surface area contributed by atoms with E-state index >= 15 is 0 Å². The lowest BCUT2D eigenvalue weighted by atomic mass is 10.1. The van der Waals surface area contributed by atoms with Crippen molar-refractivity contribution in [2.75, 3.05) is 19.5 Å². The molecule has 0 bridgehead atoms. The molecule has 0 saturated carbocycles. The van der Waals surface area contributed by atoms with Crippen LogP contribution in [0.5, 0.6) is 11.5 Å². The van der Waals surface area contributed by atoms with E-state index in [4.69, 9.17) is 27.4 Å². The third-order valence-corrected chi connectivity index (χ3v) is 3.29. The Hall–Kier alpha value is -2.27. The summed E-state index contributed by atoms with van der Waals surface area (Å²) in [5.41, 5.74) is 9.39. The van der Waals surface area contributed by atoms with Gasteiger partial charge in [0.05, 0.1) is 14.2 Å². The fraction of sp³-hybridized carbons (Fsp3) is 0.188. The Bertz CT molecular complexity index is 649. The van der Waals surface area contributed by atoms with Crippen LogP contribution in [0.15, 0.2) is 36.4 Å². The molecule has 0 aliphatic carbocycles. The molecule has 3 N–H and O–H groups in total. The van der Waals surface area contributed by atoms with Crippen LogP contribution in [0, 0.1) is 6.92 Å². The summed E-state index contributed by atoms with van der Waals surface area (Å²) in [5.74, 6) is 1.42. The second-order valence-electron chi connectivity index (χ2n) is 4.64. The summed E-state index contributed by atoms with van der Waals surface area (Å²) < 4.78 is 10.5. The number of ether oxygens (including phenoxy) is 2. The lowest BCUT2D eigenvalue weighted by Gasteiger charge is -2.14. The van der Waals surface area contributed by atoms with E-state index in [-0.39, 0.29) is 0 Å². The number of nitrogens with one attached hydrogen (secondary N) is 1. The molecule has 4 nitrogen and oxygen atoms in total. The number of methoxy groups -OCH3 is 2. The van der Waals surface area contributed by atoms with E-state index in [0.29, 0.717) is 16.5 Å². The quantitative estimate of drug-likeness (QED) is 0.829. The number of hydrogen-bond donors (Lipinski definition) is 2. The molecule has 2 aromatic rings. The van der Waals surface area contributed by atoms with Crippen molar-refractivity contribution in [3.05, 3.63) is 47.5 Å². The highest BCUT2D eigenvalue weighted by atomic mass is 32.1. The van der Waals surface area contributed by atoms with Crippen LogP contribution in [0.4, 0.5) is 11.4 Å². The summed E-state index contributed by atoms with van der Waals surface area (Å²) in [7, 11) is 3.23. The van der Waals surface area contributed by atoms with Gasteiger partial charge in [0.2, 0.25) is 0 Å². The van der Waals surface area contributed by atoms with Crippen LogP contribution >= 0.6 is 12.2 Å². The van der Waals surface area contributed by atoms with Gasteiger partial charge in [-0.25, -0.2) is 0 Å². The highest BCUT2D eigenvalue weighted by Gasteiger charge is 2.08. The van der Waals surface area contributed by atoms with Crippen molar-refractivity contribution >= 4 is 28.6 Å². The highest BCUT2D eigenvalue weighted by Crippen LogP contribution is 2.29.